The highest BCUT2D eigenvalue weighted by molar-refractivity contribution is 9.10. The first-order valence-corrected chi connectivity index (χ1v) is 8.38. The van der Waals surface area contributed by atoms with Crippen LogP contribution in [0.3, 0.4) is 0 Å². The molecule has 0 atom stereocenters. The van der Waals surface area contributed by atoms with Crippen LogP contribution in [-0.2, 0) is 0 Å². The highest BCUT2D eigenvalue weighted by Gasteiger charge is 2.13. The number of hydrogen-bond acceptors (Lipinski definition) is 4. The molecule has 0 aliphatic heterocycles. The highest BCUT2D eigenvalue weighted by atomic mass is 79.9. The topological polar surface area (TPSA) is 53.7 Å². The molecule has 122 valence electrons. The molecule has 0 aliphatic carbocycles. The number of nitrogens with two attached hydrogens (primary N) is 1. The lowest BCUT2D eigenvalue weighted by Crippen LogP contribution is -2.12. The normalized spacial score (nSPS) is 10.2. The molecule has 0 radical (unpaired) electrons. The number of halogens is 1. The molecule has 0 aliphatic rings. The minimum atomic E-state index is 0.311. The lowest BCUT2D eigenvalue weighted by atomic mass is 10.2. The van der Waals surface area contributed by atoms with Gasteiger partial charge in [0.25, 0.3) is 0 Å². The fourth-order valence-electron chi connectivity index (χ4n) is 1.93. The third-order valence-corrected chi connectivity index (χ3v) is 3.76. The van der Waals surface area contributed by atoms with Gasteiger partial charge in [0.05, 0.1) is 11.1 Å². The third kappa shape index (κ3) is 5.11. The van der Waals surface area contributed by atoms with Gasteiger partial charge in [-0.05, 0) is 47.1 Å². The molecule has 0 unspecified atom stereocenters. The highest BCUT2D eigenvalue weighted by Crippen LogP contribution is 2.37. The van der Waals surface area contributed by atoms with Gasteiger partial charge < -0.3 is 19.9 Å². The lowest BCUT2D eigenvalue weighted by Gasteiger charge is -2.15. The SMILES string of the molecule is CCOc1cc(C(N)=S)cc(Br)c1OCCOc1ccccc1. The maximum atomic E-state index is 5.80. The molecule has 4 nitrogen and oxygen atoms in total. The van der Waals surface area contributed by atoms with Crippen molar-refractivity contribution in [2.75, 3.05) is 19.8 Å². The van der Waals surface area contributed by atoms with E-state index in [0.29, 0.717) is 36.3 Å². The van der Waals surface area contributed by atoms with Crippen LogP contribution < -0.4 is 19.9 Å². The van der Waals surface area contributed by atoms with Crippen molar-refractivity contribution in [3.05, 3.63) is 52.5 Å². The summed E-state index contributed by atoms with van der Waals surface area (Å²) in [4.78, 5) is 0.311. The first-order valence-electron chi connectivity index (χ1n) is 7.18. The summed E-state index contributed by atoms with van der Waals surface area (Å²) in [5.41, 5.74) is 6.40. The minimum Gasteiger partial charge on any atom is -0.490 e. The van der Waals surface area contributed by atoms with Crippen molar-refractivity contribution in [2.24, 2.45) is 5.73 Å². The predicted molar refractivity (Wildman–Crippen MR) is 98.6 cm³/mol. The van der Waals surface area contributed by atoms with E-state index >= 15 is 0 Å². The second-order valence-corrected chi connectivity index (χ2v) is 5.89. The summed E-state index contributed by atoms with van der Waals surface area (Å²) in [6.07, 6.45) is 0. The van der Waals surface area contributed by atoms with E-state index in [1.807, 2.05) is 43.3 Å². The first kappa shape index (κ1) is 17.6. The van der Waals surface area contributed by atoms with Gasteiger partial charge in [0, 0.05) is 5.56 Å². The van der Waals surface area contributed by atoms with Crippen LogP contribution in [-0.4, -0.2) is 24.8 Å². The molecule has 2 rings (SSSR count). The molecular weight excluding hydrogens is 378 g/mol. The van der Waals surface area contributed by atoms with Crippen LogP contribution in [0.1, 0.15) is 12.5 Å². The molecule has 0 fully saturated rings. The smallest absolute Gasteiger partial charge is 0.175 e. The maximum Gasteiger partial charge on any atom is 0.175 e. The molecular formula is C17H18BrNO3S. The average molecular weight is 396 g/mol. The monoisotopic (exact) mass is 395 g/mol. The Morgan fingerprint density at radius 1 is 1.09 bits per heavy atom. The molecule has 0 aromatic heterocycles. The third-order valence-electron chi connectivity index (χ3n) is 2.94. The number of benzene rings is 2. The fourth-order valence-corrected chi connectivity index (χ4v) is 2.61. The van der Waals surface area contributed by atoms with E-state index < -0.39 is 0 Å². The molecule has 0 heterocycles. The van der Waals surface area contributed by atoms with Crippen LogP contribution in [0, 0.1) is 0 Å². The molecule has 0 amide bonds. The van der Waals surface area contributed by atoms with Gasteiger partial charge in [-0.1, -0.05) is 30.4 Å². The van der Waals surface area contributed by atoms with E-state index in [1.165, 1.54) is 0 Å². The first-order chi connectivity index (χ1) is 11.1. The zero-order valence-electron chi connectivity index (χ0n) is 12.8. The molecule has 0 saturated heterocycles. The number of hydrogen-bond donors (Lipinski definition) is 1. The summed E-state index contributed by atoms with van der Waals surface area (Å²) < 4.78 is 17.8. The molecule has 0 spiro atoms. The number of thiocarbonyl (C=S) groups is 1. The summed E-state index contributed by atoms with van der Waals surface area (Å²) in [6.45, 7) is 3.24. The van der Waals surface area contributed by atoms with Crippen LogP contribution in [0.25, 0.3) is 0 Å². The van der Waals surface area contributed by atoms with Crippen LogP contribution >= 0.6 is 28.1 Å². The molecule has 23 heavy (non-hydrogen) atoms. The summed E-state index contributed by atoms with van der Waals surface area (Å²) in [5.74, 6) is 2.02. The van der Waals surface area contributed by atoms with Crippen LogP contribution in [0.15, 0.2) is 46.9 Å². The van der Waals surface area contributed by atoms with Gasteiger partial charge in [-0.15, -0.1) is 0 Å². The maximum absolute atomic E-state index is 5.80. The molecule has 6 heteroatoms. The van der Waals surface area contributed by atoms with Gasteiger partial charge in [0.2, 0.25) is 0 Å². The Morgan fingerprint density at radius 3 is 2.43 bits per heavy atom. The van der Waals surface area contributed by atoms with Crippen molar-refractivity contribution in [3.63, 3.8) is 0 Å². The molecule has 0 bridgehead atoms. The predicted octanol–water partition coefficient (Wildman–Crippen LogP) is 3.94. The van der Waals surface area contributed by atoms with Crippen LogP contribution in [0.2, 0.25) is 0 Å². The quantitative estimate of drug-likeness (QED) is 0.541. The zero-order valence-corrected chi connectivity index (χ0v) is 15.2. The van der Waals surface area contributed by atoms with E-state index in [2.05, 4.69) is 15.9 Å². The van der Waals surface area contributed by atoms with Crippen molar-refractivity contribution >= 4 is 33.1 Å². The molecule has 0 saturated carbocycles. The largest absolute Gasteiger partial charge is 0.490 e. The second-order valence-electron chi connectivity index (χ2n) is 4.59. The standard InChI is InChI=1S/C17H18BrNO3S/c1-2-20-15-11-12(17(19)23)10-14(18)16(15)22-9-8-21-13-6-4-3-5-7-13/h3-7,10-11H,2,8-9H2,1H3,(H2,19,23). The Bertz CT molecular complexity index is 664. The van der Waals surface area contributed by atoms with Crippen LogP contribution in [0.4, 0.5) is 0 Å². The van der Waals surface area contributed by atoms with Gasteiger partial charge in [0.15, 0.2) is 11.5 Å². The van der Waals surface area contributed by atoms with Crippen molar-refractivity contribution in [1.29, 1.82) is 0 Å². The van der Waals surface area contributed by atoms with Gasteiger partial charge in [-0.2, -0.15) is 0 Å². The number of para-hydroxylation sites is 1. The van der Waals surface area contributed by atoms with Gasteiger partial charge in [-0.3, -0.25) is 0 Å². The average Bonchev–Trinajstić information content (AvgIpc) is 2.54. The van der Waals surface area contributed by atoms with E-state index in [-0.39, 0.29) is 0 Å². The van der Waals surface area contributed by atoms with E-state index in [1.54, 1.807) is 6.07 Å². The Balaban J connectivity index is 2.02. The summed E-state index contributed by atoms with van der Waals surface area (Å²) in [6, 6.07) is 13.2. The fraction of sp³-hybridized carbons (Fsp3) is 0.235. The van der Waals surface area contributed by atoms with Gasteiger partial charge in [-0.25, -0.2) is 0 Å². The summed E-state index contributed by atoms with van der Waals surface area (Å²) >= 11 is 8.48. The van der Waals surface area contributed by atoms with E-state index in [4.69, 9.17) is 32.2 Å². The Morgan fingerprint density at radius 2 is 1.78 bits per heavy atom. The van der Waals surface area contributed by atoms with Crippen LogP contribution in [0.5, 0.6) is 17.2 Å². The lowest BCUT2D eigenvalue weighted by molar-refractivity contribution is 0.207. The Kier molecular flexibility index (Phi) is 6.67. The number of rotatable bonds is 8. The molecule has 2 aromatic carbocycles. The molecule has 2 N–H and O–H groups in total. The van der Waals surface area contributed by atoms with Gasteiger partial charge in [0.1, 0.15) is 24.0 Å². The second kappa shape index (κ2) is 8.74. The summed E-state index contributed by atoms with van der Waals surface area (Å²) in [5, 5.41) is 0. The minimum absolute atomic E-state index is 0.311. The van der Waals surface area contributed by atoms with Crippen molar-refractivity contribution in [1.82, 2.24) is 0 Å². The van der Waals surface area contributed by atoms with E-state index in [9.17, 15) is 0 Å². The number of ether oxygens (including phenoxy) is 3. The van der Waals surface area contributed by atoms with Crippen molar-refractivity contribution < 1.29 is 14.2 Å². The Hall–Kier alpha value is -1.79. The van der Waals surface area contributed by atoms with E-state index in [0.717, 1.165) is 15.8 Å². The molecule has 2 aromatic rings. The van der Waals surface area contributed by atoms with Crippen molar-refractivity contribution in [2.45, 2.75) is 6.92 Å². The summed E-state index contributed by atoms with van der Waals surface area (Å²) in [7, 11) is 0. The zero-order chi connectivity index (χ0) is 16.7. The van der Waals surface area contributed by atoms with Crippen molar-refractivity contribution in [3.8, 4) is 17.2 Å². The Labute approximate surface area is 149 Å². The van der Waals surface area contributed by atoms with Gasteiger partial charge >= 0.3 is 0 Å².